The summed E-state index contributed by atoms with van der Waals surface area (Å²) in [5, 5.41) is 41.5. The first-order valence-electron chi connectivity index (χ1n) is 11.3. The summed E-state index contributed by atoms with van der Waals surface area (Å²) < 4.78 is 14.1. The molecule has 170 valence electrons. The molecule has 1 fully saturated rings. The normalized spacial score (nSPS) is 24.5. The molecule has 0 amide bonds. The van der Waals surface area contributed by atoms with Gasteiger partial charge >= 0.3 is 5.97 Å². The van der Waals surface area contributed by atoms with Gasteiger partial charge in [-0.2, -0.15) is 0 Å². The topological polar surface area (TPSA) is 98.0 Å². The molecule has 3 rings (SSSR count). The number of benzene rings is 2. The van der Waals surface area contributed by atoms with Crippen molar-refractivity contribution in [2.45, 2.75) is 76.1 Å². The number of aliphatic hydroxyl groups is 3. The number of aliphatic carboxylic acids is 1. The van der Waals surface area contributed by atoms with Crippen molar-refractivity contribution in [2.24, 2.45) is 11.8 Å². The Labute approximate surface area is 182 Å². The Hall–Kier alpha value is -2.02. The van der Waals surface area contributed by atoms with Gasteiger partial charge in [-0.15, -0.1) is 0 Å². The molecule has 2 aromatic rings. The summed E-state index contributed by atoms with van der Waals surface area (Å²) in [6.07, 6.45) is 3.74. The lowest BCUT2D eigenvalue weighted by molar-refractivity contribution is -0.137. The van der Waals surface area contributed by atoms with Gasteiger partial charge in [0, 0.05) is 11.8 Å². The molecule has 0 bridgehead atoms. The first-order chi connectivity index (χ1) is 14.9. The number of hydrogen-bond donors (Lipinski definition) is 4. The number of carboxylic acids is 1. The molecule has 1 aliphatic carbocycles. The maximum absolute atomic E-state index is 14.1. The van der Waals surface area contributed by atoms with Crippen LogP contribution in [0.1, 0.15) is 69.5 Å². The van der Waals surface area contributed by atoms with Crippen LogP contribution in [0.4, 0.5) is 4.39 Å². The van der Waals surface area contributed by atoms with Gasteiger partial charge in [0.25, 0.3) is 0 Å². The maximum atomic E-state index is 14.1. The van der Waals surface area contributed by atoms with Crippen LogP contribution in [0.5, 0.6) is 0 Å². The van der Waals surface area contributed by atoms with Crippen molar-refractivity contribution < 1.29 is 29.6 Å². The lowest BCUT2D eigenvalue weighted by Crippen LogP contribution is -2.23. The van der Waals surface area contributed by atoms with Gasteiger partial charge in [0.05, 0.1) is 18.3 Å². The Morgan fingerprint density at radius 3 is 2.45 bits per heavy atom. The Morgan fingerprint density at radius 1 is 1.00 bits per heavy atom. The highest BCUT2D eigenvalue weighted by Crippen LogP contribution is 2.40. The van der Waals surface area contributed by atoms with E-state index in [2.05, 4.69) is 0 Å². The van der Waals surface area contributed by atoms with Crippen molar-refractivity contribution in [3.63, 3.8) is 0 Å². The summed E-state index contributed by atoms with van der Waals surface area (Å²) in [6, 6.07) is 10.2. The molecule has 1 unspecified atom stereocenters. The van der Waals surface area contributed by atoms with Crippen molar-refractivity contribution in [3.05, 3.63) is 47.8 Å². The molecule has 5 nitrogen and oxygen atoms in total. The molecule has 1 saturated carbocycles. The fraction of sp³-hybridized carbons (Fsp3) is 0.560. The highest BCUT2D eigenvalue weighted by molar-refractivity contribution is 5.83. The zero-order chi connectivity index (χ0) is 22.4. The number of rotatable bonds is 11. The second kappa shape index (κ2) is 11.0. The van der Waals surface area contributed by atoms with Crippen molar-refractivity contribution in [3.8, 4) is 0 Å². The fourth-order valence-electron chi connectivity index (χ4n) is 4.97. The van der Waals surface area contributed by atoms with E-state index in [-0.39, 0.29) is 24.1 Å². The molecule has 2 aromatic carbocycles. The fourth-order valence-corrected chi connectivity index (χ4v) is 4.97. The van der Waals surface area contributed by atoms with E-state index in [4.69, 9.17) is 5.11 Å². The van der Waals surface area contributed by atoms with E-state index in [1.165, 1.54) is 6.07 Å². The smallest absolute Gasteiger partial charge is 0.303 e. The summed E-state index contributed by atoms with van der Waals surface area (Å²) in [6.45, 7) is 0. The lowest BCUT2D eigenvalue weighted by atomic mass is 9.84. The monoisotopic (exact) mass is 432 g/mol. The summed E-state index contributed by atoms with van der Waals surface area (Å²) >= 11 is 0. The molecular formula is C25H33FO5. The molecule has 1 aliphatic rings. The van der Waals surface area contributed by atoms with Crippen LogP contribution in [0.25, 0.3) is 10.8 Å². The predicted octanol–water partition coefficient (Wildman–Crippen LogP) is 4.58. The second-order valence-electron chi connectivity index (χ2n) is 8.86. The van der Waals surface area contributed by atoms with E-state index >= 15 is 0 Å². The molecule has 0 heterocycles. The molecule has 0 radical (unpaired) electrons. The van der Waals surface area contributed by atoms with Gasteiger partial charge in [0.15, 0.2) is 0 Å². The minimum absolute atomic E-state index is 0.0179. The lowest BCUT2D eigenvalue weighted by Gasteiger charge is -2.25. The minimum Gasteiger partial charge on any atom is -0.481 e. The van der Waals surface area contributed by atoms with Crippen LogP contribution in [0.15, 0.2) is 36.4 Å². The van der Waals surface area contributed by atoms with Gasteiger partial charge in [0.2, 0.25) is 0 Å². The van der Waals surface area contributed by atoms with Crippen LogP contribution in [-0.4, -0.2) is 38.6 Å². The van der Waals surface area contributed by atoms with Crippen LogP contribution < -0.4 is 0 Å². The SMILES string of the molecule is O=C(O)CCCCCC[C@@H]1[C@@H](CCC(O)c2ccc3cccc(F)c3c2)[C@H](O)C[C@@H]1O. The third kappa shape index (κ3) is 6.25. The Bertz CT molecular complexity index is 870. The molecule has 0 aromatic heterocycles. The molecular weight excluding hydrogens is 399 g/mol. The highest BCUT2D eigenvalue weighted by atomic mass is 19.1. The number of halogens is 1. The third-order valence-corrected chi connectivity index (χ3v) is 6.71. The van der Waals surface area contributed by atoms with Gasteiger partial charge < -0.3 is 20.4 Å². The van der Waals surface area contributed by atoms with Crippen molar-refractivity contribution in [1.29, 1.82) is 0 Å². The first-order valence-corrected chi connectivity index (χ1v) is 11.3. The summed E-state index contributed by atoms with van der Waals surface area (Å²) in [5.41, 5.74) is 0.653. The van der Waals surface area contributed by atoms with E-state index in [1.54, 1.807) is 24.3 Å². The van der Waals surface area contributed by atoms with Gasteiger partial charge in [0.1, 0.15) is 5.82 Å². The van der Waals surface area contributed by atoms with Crippen molar-refractivity contribution in [2.75, 3.05) is 0 Å². The number of carboxylic acid groups (broad SMARTS) is 1. The molecule has 31 heavy (non-hydrogen) atoms. The minimum atomic E-state index is -0.776. The Kier molecular flexibility index (Phi) is 8.41. The van der Waals surface area contributed by atoms with Crippen molar-refractivity contribution >= 4 is 16.7 Å². The largest absolute Gasteiger partial charge is 0.481 e. The number of fused-ring (bicyclic) bond motifs is 1. The third-order valence-electron chi connectivity index (χ3n) is 6.71. The van der Waals surface area contributed by atoms with Crippen LogP contribution in [0, 0.1) is 17.7 Å². The van der Waals surface area contributed by atoms with Crippen LogP contribution >= 0.6 is 0 Å². The van der Waals surface area contributed by atoms with Crippen molar-refractivity contribution in [1.82, 2.24) is 0 Å². The van der Waals surface area contributed by atoms with Crippen LogP contribution in [0.2, 0.25) is 0 Å². The highest BCUT2D eigenvalue weighted by Gasteiger charge is 2.40. The first kappa shape index (κ1) is 23.6. The van der Waals surface area contributed by atoms with E-state index in [9.17, 15) is 24.5 Å². The maximum Gasteiger partial charge on any atom is 0.303 e. The number of unbranched alkanes of at least 4 members (excludes halogenated alkanes) is 3. The Morgan fingerprint density at radius 2 is 1.71 bits per heavy atom. The van der Waals surface area contributed by atoms with Gasteiger partial charge in [-0.1, -0.05) is 43.5 Å². The number of hydrogen-bond acceptors (Lipinski definition) is 4. The van der Waals surface area contributed by atoms with Gasteiger partial charge in [-0.25, -0.2) is 4.39 Å². The van der Waals surface area contributed by atoms with E-state index in [0.717, 1.165) is 31.1 Å². The van der Waals surface area contributed by atoms with E-state index < -0.39 is 24.3 Å². The number of aliphatic hydroxyl groups excluding tert-OH is 3. The van der Waals surface area contributed by atoms with Gasteiger partial charge in [-0.05, 0) is 67.0 Å². The quantitative estimate of drug-likeness (QED) is 0.390. The average Bonchev–Trinajstić information content (AvgIpc) is 3.01. The summed E-state index contributed by atoms with van der Waals surface area (Å²) in [5.74, 6) is -1.19. The van der Waals surface area contributed by atoms with Crippen LogP contribution in [0.3, 0.4) is 0 Å². The average molecular weight is 433 g/mol. The standard InChI is InChI=1S/C25H33FO5/c26-21-8-5-6-16-10-11-17(14-20(16)21)22(27)13-12-19-18(23(28)15-24(19)29)7-3-1-2-4-9-25(30)31/h5-6,8,10-11,14,18-19,22-24,27-29H,1-4,7,9,12-13,15H2,(H,30,31)/t18-,19-,22?,23+,24-/m1/s1. The summed E-state index contributed by atoms with van der Waals surface area (Å²) in [4.78, 5) is 10.6. The van der Waals surface area contributed by atoms with Crippen LogP contribution in [-0.2, 0) is 4.79 Å². The molecule has 4 N–H and O–H groups in total. The predicted molar refractivity (Wildman–Crippen MR) is 117 cm³/mol. The Balaban J connectivity index is 1.53. The number of carbonyl (C=O) groups is 1. The zero-order valence-electron chi connectivity index (χ0n) is 17.8. The zero-order valence-corrected chi connectivity index (χ0v) is 17.8. The van der Waals surface area contributed by atoms with E-state index in [0.29, 0.717) is 36.6 Å². The second-order valence-corrected chi connectivity index (χ2v) is 8.86. The molecule has 6 heteroatoms. The molecule has 0 saturated heterocycles. The van der Waals surface area contributed by atoms with E-state index in [1.807, 2.05) is 6.07 Å². The molecule has 5 atom stereocenters. The molecule has 0 aliphatic heterocycles. The van der Waals surface area contributed by atoms with Gasteiger partial charge in [-0.3, -0.25) is 4.79 Å². The summed E-state index contributed by atoms with van der Waals surface area (Å²) in [7, 11) is 0. The molecule has 0 spiro atoms.